The highest BCUT2D eigenvalue weighted by atomic mass is 35.5. The van der Waals surface area contributed by atoms with Crippen LogP contribution in [0.2, 0.25) is 5.02 Å². The fourth-order valence-corrected chi connectivity index (χ4v) is 2.01. The van der Waals surface area contributed by atoms with Gasteiger partial charge in [0.15, 0.2) is 0 Å². The van der Waals surface area contributed by atoms with E-state index in [4.69, 9.17) is 16.3 Å². The minimum absolute atomic E-state index is 0.155. The van der Waals surface area contributed by atoms with E-state index in [1.54, 1.807) is 6.07 Å². The lowest BCUT2D eigenvalue weighted by Crippen LogP contribution is -2.19. The molecule has 1 heterocycles. The number of hydrogen-bond donors (Lipinski definition) is 0. The molecule has 0 spiro atoms. The van der Waals surface area contributed by atoms with Crippen molar-refractivity contribution in [3.63, 3.8) is 0 Å². The Bertz CT molecular complexity index is 392. The molecule has 0 aliphatic carbocycles. The molecule has 2 rings (SSSR count). The van der Waals surface area contributed by atoms with E-state index in [2.05, 4.69) is 0 Å². The largest absolute Gasteiger partial charge is 0.493 e. The Labute approximate surface area is 90.2 Å². The average Bonchev–Trinajstić information content (AvgIpc) is 2.48. The molecule has 15 heavy (non-hydrogen) atoms. The van der Waals surface area contributed by atoms with E-state index >= 15 is 0 Å². The third-order valence-electron chi connectivity index (χ3n) is 2.28. The zero-order valence-electron chi connectivity index (χ0n) is 7.77. The van der Waals surface area contributed by atoms with E-state index in [0.717, 1.165) is 5.56 Å². The predicted molar refractivity (Wildman–Crippen MR) is 53.4 cm³/mol. The Hall–Kier alpha value is -0.835. The van der Waals surface area contributed by atoms with Gasteiger partial charge in [0.25, 0.3) is 0 Å². The van der Waals surface area contributed by atoms with Crippen LogP contribution in [0.4, 0.5) is 12.9 Å². The molecule has 82 valence electrons. The van der Waals surface area contributed by atoms with Gasteiger partial charge in [-0.25, -0.2) is 0 Å². The Kier molecular flexibility index (Phi) is 2.58. The van der Waals surface area contributed by atoms with Crippen LogP contribution in [0.15, 0.2) is 12.1 Å². The second-order valence-corrected chi connectivity index (χ2v) is 4.00. The van der Waals surface area contributed by atoms with Crippen LogP contribution < -0.4 is 4.74 Å². The first-order chi connectivity index (χ1) is 6.96. The second-order valence-electron chi connectivity index (χ2n) is 3.57. The molecule has 0 unspecified atom stereocenters. The topological polar surface area (TPSA) is 9.23 Å². The van der Waals surface area contributed by atoms with E-state index in [0.29, 0.717) is 23.8 Å². The van der Waals surface area contributed by atoms with Crippen molar-refractivity contribution in [1.29, 1.82) is 0 Å². The standard InChI is InChI=1S/C9H8BClF3O/c11-8-3-6-1-2-15-9(6)7(4-8)5-10(12,13)14/h3-4H,1-2,5H2/q-1. The molecule has 0 fully saturated rings. The maximum absolute atomic E-state index is 12.3. The van der Waals surface area contributed by atoms with Crippen LogP contribution in [0.5, 0.6) is 5.75 Å². The summed E-state index contributed by atoms with van der Waals surface area (Å²) in [4.78, 5) is 0. The third-order valence-corrected chi connectivity index (χ3v) is 2.49. The van der Waals surface area contributed by atoms with E-state index in [9.17, 15) is 12.9 Å². The molecule has 0 bridgehead atoms. The van der Waals surface area contributed by atoms with Gasteiger partial charge in [0.05, 0.1) is 6.61 Å². The summed E-state index contributed by atoms with van der Waals surface area (Å²) in [6, 6.07) is 3.00. The molecule has 1 aromatic rings. The molecule has 0 aromatic heterocycles. The third kappa shape index (κ3) is 2.40. The zero-order valence-corrected chi connectivity index (χ0v) is 8.53. The molecule has 0 saturated carbocycles. The van der Waals surface area contributed by atoms with Crippen molar-refractivity contribution in [3.05, 3.63) is 28.3 Å². The minimum Gasteiger partial charge on any atom is -0.493 e. The number of halogens is 4. The van der Waals surface area contributed by atoms with Crippen LogP contribution >= 0.6 is 11.6 Å². The van der Waals surface area contributed by atoms with Crippen molar-refractivity contribution in [2.45, 2.75) is 12.7 Å². The van der Waals surface area contributed by atoms with Crippen LogP contribution in [-0.4, -0.2) is 13.6 Å². The van der Waals surface area contributed by atoms with E-state index in [1.807, 2.05) is 0 Å². The van der Waals surface area contributed by atoms with Crippen LogP contribution in [0, 0.1) is 0 Å². The molecule has 0 atom stereocenters. The van der Waals surface area contributed by atoms with E-state index < -0.39 is 13.3 Å². The van der Waals surface area contributed by atoms with Crippen LogP contribution in [-0.2, 0) is 12.7 Å². The van der Waals surface area contributed by atoms with Crippen LogP contribution in [0.25, 0.3) is 0 Å². The Balaban J connectivity index is 2.39. The number of fused-ring (bicyclic) bond motifs is 1. The molecular formula is C9H8BClF3O-. The number of ether oxygens (including phenoxy) is 1. The summed E-state index contributed by atoms with van der Waals surface area (Å²) in [5.41, 5.74) is 0.931. The fraction of sp³-hybridized carbons (Fsp3) is 0.333. The smallest absolute Gasteiger partial charge is 0.482 e. The summed E-state index contributed by atoms with van der Waals surface area (Å²) < 4.78 is 42.1. The van der Waals surface area contributed by atoms with Gasteiger partial charge >= 0.3 is 6.98 Å². The van der Waals surface area contributed by atoms with Gasteiger partial charge in [0.1, 0.15) is 5.75 Å². The van der Waals surface area contributed by atoms with Crippen LogP contribution in [0.3, 0.4) is 0 Å². The molecule has 0 amide bonds. The first-order valence-electron chi connectivity index (χ1n) is 4.61. The Morgan fingerprint density at radius 1 is 1.33 bits per heavy atom. The highest BCUT2D eigenvalue weighted by Gasteiger charge is 2.27. The number of hydrogen-bond acceptors (Lipinski definition) is 1. The SMILES string of the molecule is F[B-](F)(F)Cc1cc(Cl)cc2c1OCC2. The molecule has 6 heteroatoms. The molecule has 1 nitrogen and oxygen atoms in total. The highest BCUT2D eigenvalue weighted by Crippen LogP contribution is 2.35. The average molecular weight is 235 g/mol. The van der Waals surface area contributed by atoms with E-state index in [1.165, 1.54) is 6.07 Å². The molecular weight excluding hydrogens is 227 g/mol. The van der Waals surface area contributed by atoms with Crippen molar-refractivity contribution in [2.24, 2.45) is 0 Å². The first kappa shape index (κ1) is 10.7. The summed E-state index contributed by atoms with van der Waals surface area (Å²) in [5, 5.41) is 0.342. The summed E-state index contributed by atoms with van der Waals surface area (Å²) in [6.45, 7) is -4.41. The number of benzene rings is 1. The molecule has 1 aliphatic rings. The summed E-state index contributed by atoms with van der Waals surface area (Å²) in [6.07, 6.45) is -0.295. The lowest BCUT2D eigenvalue weighted by atomic mass is 9.81. The van der Waals surface area contributed by atoms with Crippen LogP contribution in [0.1, 0.15) is 11.1 Å². The highest BCUT2D eigenvalue weighted by molar-refractivity contribution is 6.58. The van der Waals surface area contributed by atoms with Crippen molar-refractivity contribution in [1.82, 2.24) is 0 Å². The summed E-state index contributed by atoms with van der Waals surface area (Å²) >= 11 is 5.74. The fourth-order valence-electron chi connectivity index (χ4n) is 1.75. The number of rotatable bonds is 2. The Morgan fingerprint density at radius 2 is 2.07 bits per heavy atom. The van der Waals surface area contributed by atoms with Crippen molar-refractivity contribution >= 4 is 18.6 Å². The first-order valence-corrected chi connectivity index (χ1v) is 4.98. The van der Waals surface area contributed by atoms with E-state index in [-0.39, 0.29) is 5.56 Å². The van der Waals surface area contributed by atoms with Gasteiger partial charge in [0.2, 0.25) is 0 Å². The van der Waals surface area contributed by atoms with Crippen molar-refractivity contribution in [2.75, 3.05) is 6.61 Å². The molecule has 0 saturated heterocycles. The summed E-state index contributed by atoms with van der Waals surface area (Å²) in [7, 11) is 0. The lowest BCUT2D eigenvalue weighted by Gasteiger charge is -2.16. The maximum Gasteiger partial charge on any atom is 0.482 e. The quantitative estimate of drug-likeness (QED) is 0.715. The lowest BCUT2D eigenvalue weighted by molar-refractivity contribution is 0.353. The second kappa shape index (κ2) is 3.63. The van der Waals surface area contributed by atoms with Gasteiger partial charge in [0, 0.05) is 11.4 Å². The van der Waals surface area contributed by atoms with Gasteiger partial charge in [-0.1, -0.05) is 17.9 Å². The molecule has 1 aliphatic heterocycles. The van der Waals surface area contributed by atoms with Gasteiger partial charge in [-0.15, -0.1) is 0 Å². The van der Waals surface area contributed by atoms with Gasteiger partial charge in [-0.05, 0) is 23.3 Å². The summed E-state index contributed by atoms with van der Waals surface area (Å²) in [5.74, 6) is 0.374. The maximum atomic E-state index is 12.3. The van der Waals surface area contributed by atoms with Gasteiger partial charge < -0.3 is 17.7 Å². The molecule has 1 aromatic carbocycles. The van der Waals surface area contributed by atoms with Gasteiger partial charge in [-0.3, -0.25) is 0 Å². The molecule has 0 N–H and O–H groups in total. The normalized spacial score (nSPS) is 14.9. The Morgan fingerprint density at radius 3 is 2.73 bits per heavy atom. The monoisotopic (exact) mass is 235 g/mol. The minimum atomic E-state index is -4.85. The molecule has 0 radical (unpaired) electrons. The predicted octanol–water partition coefficient (Wildman–Crippen LogP) is 3.20. The van der Waals surface area contributed by atoms with Crippen molar-refractivity contribution in [3.8, 4) is 5.75 Å². The zero-order chi connectivity index (χ0) is 11.1. The van der Waals surface area contributed by atoms with Gasteiger partial charge in [-0.2, -0.15) is 0 Å². The van der Waals surface area contributed by atoms with Crippen molar-refractivity contribution < 1.29 is 17.7 Å².